The first-order valence-corrected chi connectivity index (χ1v) is 21.8. The minimum absolute atomic E-state index is 0.0587. The number of hydrogen-bond donors (Lipinski definition) is 2. The number of aromatic nitrogens is 7. The normalized spacial score (nSPS) is 22.2. The highest BCUT2D eigenvalue weighted by Crippen LogP contribution is 2.36. The maximum Gasteiger partial charge on any atom is 0.329 e. The Morgan fingerprint density at radius 1 is 1.02 bits per heavy atom. The third-order valence-corrected chi connectivity index (χ3v) is 13.1. The fraction of sp³-hybridized carbons (Fsp3) is 0.523. The number of hydrogen-bond acceptors (Lipinski definition) is 10. The summed E-state index contributed by atoms with van der Waals surface area (Å²) < 4.78 is 68.0. The van der Waals surface area contributed by atoms with Crippen molar-refractivity contribution in [3.63, 3.8) is 0 Å². The summed E-state index contributed by atoms with van der Waals surface area (Å²) in [5, 5.41) is 13.3. The zero-order valence-corrected chi connectivity index (χ0v) is 35.3. The van der Waals surface area contributed by atoms with Gasteiger partial charge in [-0.15, -0.1) is 0 Å². The largest absolute Gasteiger partial charge is 0.365 e. The number of rotatable bonds is 10. The summed E-state index contributed by atoms with van der Waals surface area (Å²) >= 11 is 0. The van der Waals surface area contributed by atoms with Gasteiger partial charge in [0, 0.05) is 71.4 Å². The number of likely N-dealkylation sites (tertiary alicyclic amines) is 1. The predicted molar refractivity (Wildman–Crippen MR) is 226 cm³/mol. The minimum Gasteiger partial charge on any atom is -0.365 e. The number of benzene rings is 1. The van der Waals surface area contributed by atoms with E-state index in [1.54, 1.807) is 41.0 Å². The summed E-state index contributed by atoms with van der Waals surface area (Å²) in [6, 6.07) is 6.18. The number of aryl methyl sites for hydroxylation is 1. The summed E-state index contributed by atoms with van der Waals surface area (Å²) in [5.74, 6) is 2.89. The van der Waals surface area contributed by atoms with Crippen molar-refractivity contribution in [2.24, 2.45) is 13.0 Å². The van der Waals surface area contributed by atoms with E-state index in [4.69, 9.17) is 4.74 Å². The first-order chi connectivity index (χ1) is 30.8. The Morgan fingerprint density at radius 3 is 2.52 bits per heavy atom. The summed E-state index contributed by atoms with van der Waals surface area (Å²) in [7, 11) is 1.65. The lowest BCUT2D eigenvalue weighted by atomic mass is 9.85. The topological polar surface area (TPSA) is 166 Å². The van der Waals surface area contributed by atoms with Gasteiger partial charge in [0.05, 0.1) is 40.6 Å². The molecule has 7 heterocycles. The smallest absolute Gasteiger partial charge is 0.329 e. The van der Waals surface area contributed by atoms with Gasteiger partial charge in [-0.2, -0.15) is 10.2 Å². The summed E-state index contributed by atoms with van der Waals surface area (Å²) in [4.78, 5) is 59.7. The number of imidazole rings is 1. The lowest BCUT2D eigenvalue weighted by Gasteiger charge is -2.36. The van der Waals surface area contributed by atoms with Gasteiger partial charge in [0.15, 0.2) is 11.3 Å². The molecule has 0 spiro atoms. The Kier molecular flexibility index (Phi) is 12.0. The highest BCUT2D eigenvalue weighted by atomic mass is 19.3. The van der Waals surface area contributed by atoms with E-state index in [0.29, 0.717) is 28.3 Å². The Labute approximate surface area is 364 Å². The van der Waals surface area contributed by atoms with Crippen LogP contribution < -0.4 is 21.2 Å². The van der Waals surface area contributed by atoms with E-state index >= 15 is 0 Å². The highest BCUT2D eigenvalue weighted by Gasteiger charge is 2.35. The van der Waals surface area contributed by atoms with Gasteiger partial charge in [0.25, 0.3) is 18.3 Å². The third-order valence-electron chi connectivity index (χ3n) is 13.1. The fourth-order valence-corrected chi connectivity index (χ4v) is 9.57. The van der Waals surface area contributed by atoms with Gasteiger partial charge in [-0.3, -0.25) is 33.5 Å². The van der Waals surface area contributed by atoms with E-state index in [1.807, 2.05) is 6.07 Å². The van der Waals surface area contributed by atoms with Crippen LogP contribution in [-0.2, 0) is 21.4 Å². The number of nitrogens with one attached hydrogen (secondary N) is 2. The predicted octanol–water partition coefficient (Wildman–Crippen LogP) is 5.25. The Morgan fingerprint density at radius 2 is 1.78 bits per heavy atom. The molecular weight excluding hydrogens is 839 g/mol. The maximum absolute atomic E-state index is 14.3. The summed E-state index contributed by atoms with van der Waals surface area (Å²) in [6.45, 7) is 3.15. The van der Waals surface area contributed by atoms with Gasteiger partial charge in [-0.25, -0.2) is 31.9 Å². The molecule has 0 bridgehead atoms. The number of para-hydroxylation sites is 1. The Balaban J connectivity index is 0.748. The van der Waals surface area contributed by atoms with Crippen LogP contribution in [0, 0.1) is 17.8 Å². The van der Waals surface area contributed by atoms with Crippen LogP contribution in [0.3, 0.4) is 0 Å². The number of carbonyl (C=O) groups excluding carboxylic acids is 3. The van der Waals surface area contributed by atoms with Crippen LogP contribution in [0.1, 0.15) is 104 Å². The van der Waals surface area contributed by atoms with Crippen molar-refractivity contribution in [2.45, 2.75) is 94.7 Å². The van der Waals surface area contributed by atoms with Crippen LogP contribution in [0.5, 0.6) is 0 Å². The molecule has 2 N–H and O–H groups in total. The summed E-state index contributed by atoms with van der Waals surface area (Å²) in [5.41, 5.74) is 1.14. The van der Waals surface area contributed by atoms with E-state index in [1.165, 1.54) is 26.0 Å². The number of carbonyl (C=O) groups is 3. The number of amides is 3. The second-order valence-electron chi connectivity index (χ2n) is 17.3. The molecule has 338 valence electrons. The molecule has 16 nitrogen and oxygen atoms in total. The fourth-order valence-electron chi connectivity index (χ4n) is 9.57. The van der Waals surface area contributed by atoms with Crippen molar-refractivity contribution in [3.05, 3.63) is 70.2 Å². The molecule has 3 amide bonds. The highest BCUT2D eigenvalue weighted by molar-refractivity contribution is 6.08. The van der Waals surface area contributed by atoms with Crippen molar-refractivity contribution < 1.29 is 36.7 Å². The number of imide groups is 1. The van der Waals surface area contributed by atoms with Crippen LogP contribution in [-0.4, -0.2) is 107 Å². The van der Waals surface area contributed by atoms with E-state index in [9.17, 15) is 36.7 Å². The van der Waals surface area contributed by atoms with Gasteiger partial charge in [-0.1, -0.05) is 17.9 Å². The molecule has 1 saturated carbocycles. The van der Waals surface area contributed by atoms with Crippen LogP contribution in [0.15, 0.2) is 47.7 Å². The quantitative estimate of drug-likeness (QED) is 0.108. The standard InChI is InChI=1S/C44H49F4N11O5/c1-54-38-28(4-2-6-33(38)59(43(54)63)34-11-12-36(60)52-42(34)62)5-3-23-64-30-13-18-55(19-14-30)25-27-7-9-29(10-8-27)58-26-32(37(53-58)39(45)46)50-41(61)31-24-49-57-20-15-35(51-40(31)57)56-21-16-44(47,48)17-22-56/h2,4,6,15,20,24,26-27,29-30,34,39H,7-14,16-19,21-23,25H2,1H3,(H,50,61)(H,52,60,62)/t27-,29-,34?. The van der Waals surface area contributed by atoms with Crippen molar-refractivity contribution in [1.82, 2.24) is 43.7 Å². The molecule has 3 aliphatic heterocycles. The van der Waals surface area contributed by atoms with E-state index in [2.05, 4.69) is 42.6 Å². The van der Waals surface area contributed by atoms with Gasteiger partial charge in [0.2, 0.25) is 11.8 Å². The number of ether oxygens (including phenoxy) is 1. The first kappa shape index (κ1) is 43.2. The molecule has 20 heteroatoms. The average Bonchev–Trinajstić information content (AvgIpc) is 3.97. The molecule has 5 aromatic rings. The molecule has 3 saturated heterocycles. The zero-order chi connectivity index (χ0) is 44.7. The lowest BCUT2D eigenvalue weighted by molar-refractivity contribution is -0.135. The minimum atomic E-state index is -2.92. The van der Waals surface area contributed by atoms with Crippen molar-refractivity contribution in [2.75, 3.05) is 49.5 Å². The molecule has 1 unspecified atom stereocenters. The molecule has 4 aliphatic rings. The molecular formula is C44H49F4N11O5. The van der Waals surface area contributed by atoms with Crippen LogP contribution >= 0.6 is 0 Å². The molecule has 9 rings (SSSR count). The van der Waals surface area contributed by atoms with Crippen molar-refractivity contribution >= 4 is 45.9 Å². The molecule has 64 heavy (non-hydrogen) atoms. The maximum atomic E-state index is 14.3. The molecule has 4 aromatic heterocycles. The molecule has 4 fully saturated rings. The van der Waals surface area contributed by atoms with Gasteiger partial charge in [-0.05, 0) is 69.1 Å². The second kappa shape index (κ2) is 17.8. The summed E-state index contributed by atoms with van der Waals surface area (Å²) in [6.07, 6.45) is 6.37. The Hall–Kier alpha value is -6.07. The third kappa shape index (κ3) is 8.87. The van der Waals surface area contributed by atoms with Crippen LogP contribution in [0.4, 0.5) is 29.1 Å². The Bertz CT molecular complexity index is 2690. The van der Waals surface area contributed by atoms with Gasteiger partial charge in [0.1, 0.15) is 24.0 Å². The molecule has 1 aliphatic carbocycles. The zero-order valence-electron chi connectivity index (χ0n) is 35.3. The number of piperidine rings is 3. The SMILES string of the molecule is Cn1c(=O)n(C2CCC(=O)NC2=O)c2cccc(C#CCOC3CCN(C[C@H]4CC[C@H](n5cc(NC(=O)c6cnn7ccc(N8CCC(F)(F)CC8)nc67)c(C(F)F)n5)CC4)CC3)c21. The number of halogens is 4. The molecule has 1 atom stereocenters. The monoisotopic (exact) mass is 887 g/mol. The number of nitrogens with zero attached hydrogens (tertiary/aromatic N) is 9. The first-order valence-electron chi connectivity index (χ1n) is 21.8. The van der Waals surface area contributed by atoms with Gasteiger partial charge >= 0.3 is 5.69 Å². The number of alkyl halides is 4. The molecule has 0 radical (unpaired) electrons. The van der Waals surface area contributed by atoms with E-state index in [0.717, 1.165) is 58.2 Å². The number of anilines is 2. The van der Waals surface area contributed by atoms with Gasteiger partial charge < -0.3 is 19.9 Å². The average molecular weight is 888 g/mol. The molecule has 1 aromatic carbocycles. The van der Waals surface area contributed by atoms with Crippen LogP contribution in [0.2, 0.25) is 0 Å². The van der Waals surface area contributed by atoms with E-state index < -0.39 is 35.9 Å². The van der Waals surface area contributed by atoms with E-state index in [-0.39, 0.29) is 86.0 Å². The lowest BCUT2D eigenvalue weighted by Crippen LogP contribution is -2.44. The number of fused-ring (bicyclic) bond motifs is 2. The van der Waals surface area contributed by atoms with Crippen LogP contribution in [0.25, 0.3) is 16.7 Å². The van der Waals surface area contributed by atoms with Crippen molar-refractivity contribution in [3.8, 4) is 11.8 Å². The van der Waals surface area contributed by atoms with Crippen molar-refractivity contribution in [1.29, 1.82) is 0 Å². The second-order valence-corrected chi connectivity index (χ2v) is 17.3.